The molecule has 0 aromatic heterocycles. The maximum atomic E-state index is 5.91. The largest absolute Gasteiger partial charge is 0.327 e. The Morgan fingerprint density at radius 2 is 1.59 bits per heavy atom. The quantitative estimate of drug-likeness (QED) is 0.766. The SMILES string of the molecule is CCC(N)CNCc1ccc(CN2CCN(CC)CC2)cc1. The molecule has 1 unspecified atom stereocenters. The van der Waals surface area contributed by atoms with Crippen molar-refractivity contribution in [2.45, 2.75) is 39.4 Å². The van der Waals surface area contributed by atoms with E-state index < -0.39 is 0 Å². The van der Waals surface area contributed by atoms with Crippen molar-refractivity contribution in [3.63, 3.8) is 0 Å². The number of benzene rings is 1. The number of nitrogens with two attached hydrogens (primary N) is 1. The van der Waals surface area contributed by atoms with Crippen molar-refractivity contribution < 1.29 is 0 Å². The van der Waals surface area contributed by atoms with Gasteiger partial charge in [-0.1, -0.05) is 38.1 Å². The second-order valence-corrected chi connectivity index (χ2v) is 6.33. The molecule has 124 valence electrons. The number of rotatable bonds is 8. The molecule has 4 nitrogen and oxygen atoms in total. The van der Waals surface area contributed by atoms with Crippen LogP contribution in [0.25, 0.3) is 0 Å². The molecule has 1 aliphatic heterocycles. The zero-order chi connectivity index (χ0) is 15.8. The lowest BCUT2D eigenvalue weighted by Gasteiger charge is -2.34. The molecule has 0 bridgehead atoms. The minimum atomic E-state index is 0.265. The lowest BCUT2D eigenvalue weighted by Crippen LogP contribution is -2.45. The Kier molecular flexibility index (Phi) is 7.33. The Hall–Kier alpha value is -0.940. The first kappa shape index (κ1) is 17.4. The van der Waals surface area contributed by atoms with Crippen LogP contribution in [-0.2, 0) is 13.1 Å². The fourth-order valence-electron chi connectivity index (χ4n) is 2.83. The highest BCUT2D eigenvalue weighted by atomic mass is 15.3. The van der Waals surface area contributed by atoms with Crippen LogP contribution in [0.5, 0.6) is 0 Å². The first-order valence-corrected chi connectivity index (χ1v) is 8.70. The summed E-state index contributed by atoms with van der Waals surface area (Å²) in [5, 5.41) is 3.42. The number of piperazine rings is 1. The van der Waals surface area contributed by atoms with Gasteiger partial charge in [0.05, 0.1) is 0 Å². The van der Waals surface area contributed by atoms with Gasteiger partial charge in [-0.25, -0.2) is 0 Å². The van der Waals surface area contributed by atoms with Gasteiger partial charge in [0.15, 0.2) is 0 Å². The van der Waals surface area contributed by atoms with Gasteiger partial charge in [0.25, 0.3) is 0 Å². The van der Waals surface area contributed by atoms with E-state index in [9.17, 15) is 0 Å². The molecule has 1 atom stereocenters. The molecule has 2 rings (SSSR count). The van der Waals surface area contributed by atoms with Gasteiger partial charge in [0, 0.05) is 51.9 Å². The second kappa shape index (κ2) is 9.26. The fraction of sp³-hybridized carbons (Fsp3) is 0.667. The Morgan fingerprint density at radius 1 is 1.00 bits per heavy atom. The van der Waals surface area contributed by atoms with Crippen molar-refractivity contribution >= 4 is 0 Å². The average molecular weight is 304 g/mol. The first-order chi connectivity index (χ1) is 10.7. The van der Waals surface area contributed by atoms with E-state index in [2.05, 4.69) is 53.2 Å². The summed E-state index contributed by atoms with van der Waals surface area (Å²) >= 11 is 0. The summed E-state index contributed by atoms with van der Waals surface area (Å²) in [5.74, 6) is 0. The smallest absolute Gasteiger partial charge is 0.0234 e. The minimum Gasteiger partial charge on any atom is -0.327 e. The molecule has 1 saturated heterocycles. The number of nitrogens with one attached hydrogen (secondary N) is 1. The van der Waals surface area contributed by atoms with E-state index in [0.29, 0.717) is 0 Å². The highest BCUT2D eigenvalue weighted by molar-refractivity contribution is 5.22. The fourth-order valence-corrected chi connectivity index (χ4v) is 2.83. The lowest BCUT2D eigenvalue weighted by atomic mass is 10.1. The second-order valence-electron chi connectivity index (χ2n) is 6.33. The van der Waals surface area contributed by atoms with Crippen molar-refractivity contribution in [1.82, 2.24) is 15.1 Å². The Balaban J connectivity index is 1.72. The zero-order valence-electron chi connectivity index (χ0n) is 14.2. The first-order valence-electron chi connectivity index (χ1n) is 8.70. The van der Waals surface area contributed by atoms with Gasteiger partial charge in [-0.2, -0.15) is 0 Å². The van der Waals surface area contributed by atoms with Crippen molar-refractivity contribution in [1.29, 1.82) is 0 Å². The third kappa shape index (κ3) is 5.69. The number of hydrogen-bond donors (Lipinski definition) is 2. The monoisotopic (exact) mass is 304 g/mol. The summed E-state index contributed by atoms with van der Waals surface area (Å²) in [6.45, 7) is 13.2. The van der Waals surface area contributed by atoms with Crippen LogP contribution in [0.4, 0.5) is 0 Å². The molecule has 4 heteroatoms. The van der Waals surface area contributed by atoms with E-state index in [0.717, 1.165) is 26.1 Å². The van der Waals surface area contributed by atoms with E-state index >= 15 is 0 Å². The van der Waals surface area contributed by atoms with Crippen LogP contribution < -0.4 is 11.1 Å². The number of nitrogens with zero attached hydrogens (tertiary/aromatic N) is 2. The standard InChI is InChI=1S/C18H32N4/c1-3-18(19)14-20-13-16-5-7-17(8-6-16)15-22-11-9-21(4-2)10-12-22/h5-8,18,20H,3-4,9-15,19H2,1-2H3. The molecule has 3 N–H and O–H groups in total. The van der Waals surface area contributed by atoms with Gasteiger partial charge in [0.1, 0.15) is 0 Å². The molecular weight excluding hydrogens is 272 g/mol. The average Bonchev–Trinajstić information content (AvgIpc) is 2.57. The Bertz CT molecular complexity index is 410. The van der Waals surface area contributed by atoms with Crippen LogP contribution >= 0.6 is 0 Å². The van der Waals surface area contributed by atoms with E-state index in [1.807, 2.05) is 0 Å². The van der Waals surface area contributed by atoms with Crippen LogP contribution in [0.2, 0.25) is 0 Å². The molecular formula is C18H32N4. The Labute approximate surface area is 135 Å². The van der Waals surface area contributed by atoms with Crippen LogP contribution in [0.3, 0.4) is 0 Å². The molecule has 1 heterocycles. The maximum absolute atomic E-state index is 5.91. The van der Waals surface area contributed by atoms with E-state index in [1.54, 1.807) is 0 Å². The number of likely N-dealkylation sites (N-methyl/N-ethyl adjacent to an activating group) is 1. The van der Waals surface area contributed by atoms with Gasteiger partial charge < -0.3 is 16.0 Å². The van der Waals surface area contributed by atoms with Gasteiger partial charge >= 0.3 is 0 Å². The van der Waals surface area contributed by atoms with Gasteiger partial charge in [0.2, 0.25) is 0 Å². The summed E-state index contributed by atoms with van der Waals surface area (Å²) in [6.07, 6.45) is 1.03. The van der Waals surface area contributed by atoms with Crippen LogP contribution in [0, 0.1) is 0 Å². The summed E-state index contributed by atoms with van der Waals surface area (Å²) < 4.78 is 0. The van der Waals surface area contributed by atoms with E-state index in [4.69, 9.17) is 5.73 Å². The molecule has 0 radical (unpaired) electrons. The van der Waals surface area contributed by atoms with Gasteiger partial charge in [-0.05, 0) is 24.1 Å². The summed E-state index contributed by atoms with van der Waals surface area (Å²) in [4.78, 5) is 5.08. The Morgan fingerprint density at radius 3 is 2.18 bits per heavy atom. The summed E-state index contributed by atoms with van der Waals surface area (Å²) in [7, 11) is 0. The number of hydrogen-bond acceptors (Lipinski definition) is 4. The summed E-state index contributed by atoms with van der Waals surface area (Å²) in [6, 6.07) is 9.27. The highest BCUT2D eigenvalue weighted by Gasteiger charge is 2.15. The van der Waals surface area contributed by atoms with Crippen molar-refractivity contribution in [3.8, 4) is 0 Å². The van der Waals surface area contributed by atoms with Crippen molar-refractivity contribution in [3.05, 3.63) is 35.4 Å². The molecule has 1 aromatic carbocycles. The third-order valence-corrected chi connectivity index (χ3v) is 4.60. The molecule has 1 fully saturated rings. The predicted octanol–water partition coefficient (Wildman–Crippen LogP) is 1.65. The molecule has 22 heavy (non-hydrogen) atoms. The van der Waals surface area contributed by atoms with E-state index in [1.165, 1.54) is 43.9 Å². The topological polar surface area (TPSA) is 44.5 Å². The van der Waals surface area contributed by atoms with Crippen LogP contribution in [0.15, 0.2) is 24.3 Å². The lowest BCUT2D eigenvalue weighted by molar-refractivity contribution is 0.132. The summed E-state index contributed by atoms with van der Waals surface area (Å²) in [5.41, 5.74) is 8.67. The van der Waals surface area contributed by atoms with Gasteiger partial charge in [-0.15, -0.1) is 0 Å². The van der Waals surface area contributed by atoms with Crippen molar-refractivity contribution in [2.24, 2.45) is 5.73 Å². The van der Waals surface area contributed by atoms with Gasteiger partial charge in [-0.3, -0.25) is 4.90 Å². The highest BCUT2D eigenvalue weighted by Crippen LogP contribution is 2.10. The molecule has 1 aromatic rings. The normalized spacial score (nSPS) is 18.5. The molecule has 0 amide bonds. The zero-order valence-corrected chi connectivity index (χ0v) is 14.2. The van der Waals surface area contributed by atoms with Crippen molar-refractivity contribution in [2.75, 3.05) is 39.3 Å². The van der Waals surface area contributed by atoms with Crippen LogP contribution in [0.1, 0.15) is 31.4 Å². The maximum Gasteiger partial charge on any atom is 0.0234 e. The minimum absolute atomic E-state index is 0.265. The van der Waals surface area contributed by atoms with E-state index in [-0.39, 0.29) is 6.04 Å². The predicted molar refractivity (Wildman–Crippen MR) is 93.8 cm³/mol. The molecule has 1 aliphatic rings. The van der Waals surface area contributed by atoms with Crippen LogP contribution in [-0.4, -0.2) is 55.1 Å². The molecule has 0 aliphatic carbocycles. The third-order valence-electron chi connectivity index (χ3n) is 4.60. The molecule has 0 saturated carbocycles. The molecule has 0 spiro atoms.